The molecule has 2 atom stereocenters. The first-order valence-corrected chi connectivity index (χ1v) is 5.92. The quantitative estimate of drug-likeness (QED) is 0.800. The van der Waals surface area contributed by atoms with Gasteiger partial charge in [-0.1, -0.05) is 20.8 Å². The number of imidazole rings is 1. The van der Waals surface area contributed by atoms with Crippen molar-refractivity contribution < 1.29 is 0 Å². The van der Waals surface area contributed by atoms with Gasteiger partial charge in [0.05, 0.1) is 11.7 Å². The van der Waals surface area contributed by atoms with Crippen molar-refractivity contribution in [1.82, 2.24) is 9.97 Å². The number of nitrogens with one attached hydrogen (secondary N) is 1. The zero-order valence-corrected chi connectivity index (χ0v) is 9.88. The van der Waals surface area contributed by atoms with Crippen molar-refractivity contribution in [1.29, 1.82) is 0 Å². The van der Waals surface area contributed by atoms with E-state index in [4.69, 9.17) is 5.73 Å². The standard InChI is InChI=1S/C12H21N3/c1-7(2)6-9(13)12-14-10-5-4-8(3)11(10)15-12/h7-9H,4-6,13H2,1-3H3,(H,14,15). The number of H-pyrrole nitrogens is 1. The van der Waals surface area contributed by atoms with Gasteiger partial charge in [0.15, 0.2) is 0 Å². The van der Waals surface area contributed by atoms with Crippen LogP contribution in [0.25, 0.3) is 0 Å². The van der Waals surface area contributed by atoms with Crippen molar-refractivity contribution in [2.24, 2.45) is 11.7 Å². The predicted molar refractivity (Wildman–Crippen MR) is 61.7 cm³/mol. The average Bonchev–Trinajstić information content (AvgIpc) is 2.67. The van der Waals surface area contributed by atoms with E-state index in [9.17, 15) is 0 Å². The van der Waals surface area contributed by atoms with Crippen molar-refractivity contribution in [2.75, 3.05) is 0 Å². The van der Waals surface area contributed by atoms with Gasteiger partial charge in [0, 0.05) is 11.6 Å². The molecule has 3 N–H and O–H groups in total. The van der Waals surface area contributed by atoms with Crippen molar-refractivity contribution in [3.8, 4) is 0 Å². The predicted octanol–water partition coefficient (Wildman–Crippen LogP) is 2.51. The Balaban J connectivity index is 2.14. The summed E-state index contributed by atoms with van der Waals surface area (Å²) in [5.74, 6) is 2.22. The summed E-state index contributed by atoms with van der Waals surface area (Å²) in [7, 11) is 0. The molecule has 0 spiro atoms. The van der Waals surface area contributed by atoms with E-state index in [1.165, 1.54) is 17.8 Å². The summed E-state index contributed by atoms with van der Waals surface area (Å²) in [4.78, 5) is 8.04. The van der Waals surface area contributed by atoms with Crippen LogP contribution in [0.2, 0.25) is 0 Å². The highest BCUT2D eigenvalue weighted by Crippen LogP contribution is 2.32. The molecular weight excluding hydrogens is 186 g/mol. The van der Waals surface area contributed by atoms with E-state index in [2.05, 4.69) is 30.7 Å². The number of fused-ring (bicyclic) bond motifs is 1. The van der Waals surface area contributed by atoms with Crippen molar-refractivity contribution in [3.63, 3.8) is 0 Å². The van der Waals surface area contributed by atoms with Gasteiger partial charge in [-0.25, -0.2) is 4.98 Å². The lowest BCUT2D eigenvalue weighted by molar-refractivity contribution is 0.493. The second-order valence-corrected chi connectivity index (χ2v) is 5.16. The Morgan fingerprint density at radius 2 is 2.27 bits per heavy atom. The molecule has 84 valence electrons. The third kappa shape index (κ3) is 2.07. The topological polar surface area (TPSA) is 54.7 Å². The van der Waals surface area contributed by atoms with Gasteiger partial charge < -0.3 is 10.7 Å². The molecule has 0 saturated carbocycles. The van der Waals surface area contributed by atoms with E-state index >= 15 is 0 Å². The summed E-state index contributed by atoms with van der Waals surface area (Å²) >= 11 is 0. The zero-order chi connectivity index (χ0) is 11.0. The molecule has 3 heteroatoms. The SMILES string of the molecule is CC(C)CC(N)c1nc2c([nH]1)CCC2C. The number of aromatic nitrogens is 2. The largest absolute Gasteiger partial charge is 0.344 e. The third-order valence-electron chi connectivity index (χ3n) is 3.20. The molecular formula is C12H21N3. The highest BCUT2D eigenvalue weighted by Gasteiger charge is 2.24. The maximum absolute atomic E-state index is 6.11. The molecule has 0 fully saturated rings. The van der Waals surface area contributed by atoms with Crippen LogP contribution in [-0.2, 0) is 6.42 Å². The second kappa shape index (κ2) is 3.97. The number of aromatic amines is 1. The molecule has 2 rings (SSSR count). The summed E-state index contributed by atoms with van der Waals surface area (Å²) in [6, 6.07) is 0.0720. The molecule has 2 unspecified atom stereocenters. The molecule has 0 saturated heterocycles. The highest BCUT2D eigenvalue weighted by molar-refractivity contribution is 5.24. The molecule has 1 aliphatic rings. The molecule has 0 aromatic carbocycles. The van der Waals surface area contributed by atoms with Crippen molar-refractivity contribution >= 4 is 0 Å². The number of hydrogen-bond acceptors (Lipinski definition) is 2. The number of aryl methyl sites for hydroxylation is 1. The molecule has 0 radical (unpaired) electrons. The Hall–Kier alpha value is -0.830. The van der Waals surface area contributed by atoms with Gasteiger partial charge >= 0.3 is 0 Å². The molecule has 3 nitrogen and oxygen atoms in total. The van der Waals surface area contributed by atoms with E-state index in [1.54, 1.807) is 0 Å². The molecule has 1 heterocycles. The van der Waals surface area contributed by atoms with E-state index < -0.39 is 0 Å². The van der Waals surface area contributed by atoms with Crippen LogP contribution >= 0.6 is 0 Å². The Kier molecular flexibility index (Phi) is 2.83. The summed E-state index contributed by atoms with van der Waals surface area (Å²) in [6.07, 6.45) is 3.37. The lowest BCUT2D eigenvalue weighted by Gasteiger charge is -2.11. The van der Waals surface area contributed by atoms with E-state index in [0.717, 1.165) is 18.7 Å². The van der Waals surface area contributed by atoms with Crippen LogP contribution in [0.4, 0.5) is 0 Å². The fourth-order valence-electron chi connectivity index (χ4n) is 2.33. The van der Waals surface area contributed by atoms with E-state index in [1.807, 2.05) is 0 Å². The van der Waals surface area contributed by atoms with Gasteiger partial charge in [0.25, 0.3) is 0 Å². The first kappa shape index (κ1) is 10.7. The second-order valence-electron chi connectivity index (χ2n) is 5.16. The molecule has 1 aromatic heterocycles. The maximum Gasteiger partial charge on any atom is 0.123 e. The third-order valence-corrected chi connectivity index (χ3v) is 3.20. The van der Waals surface area contributed by atoms with Crippen LogP contribution in [0.5, 0.6) is 0 Å². The number of nitrogens with two attached hydrogens (primary N) is 1. The Morgan fingerprint density at radius 3 is 2.87 bits per heavy atom. The number of rotatable bonds is 3. The van der Waals surface area contributed by atoms with Crippen LogP contribution in [0.1, 0.15) is 62.8 Å². The lowest BCUT2D eigenvalue weighted by atomic mass is 10.0. The van der Waals surface area contributed by atoms with Gasteiger partial charge in [-0.3, -0.25) is 0 Å². The minimum absolute atomic E-state index is 0.0720. The fourth-order valence-corrected chi connectivity index (χ4v) is 2.33. The summed E-state index contributed by atoms with van der Waals surface area (Å²) in [5, 5.41) is 0. The molecule has 0 bridgehead atoms. The minimum atomic E-state index is 0.0720. The summed E-state index contributed by atoms with van der Waals surface area (Å²) in [5.41, 5.74) is 8.68. The maximum atomic E-state index is 6.11. The van der Waals surface area contributed by atoms with Gasteiger partial charge in [-0.15, -0.1) is 0 Å². The Labute approximate surface area is 91.5 Å². The van der Waals surface area contributed by atoms with Gasteiger partial charge in [0.1, 0.15) is 5.82 Å². The Bertz CT molecular complexity index is 341. The van der Waals surface area contributed by atoms with Crippen molar-refractivity contribution in [2.45, 2.75) is 52.0 Å². The number of hydrogen-bond donors (Lipinski definition) is 2. The highest BCUT2D eigenvalue weighted by atomic mass is 15.0. The summed E-state index contributed by atoms with van der Waals surface area (Å²) in [6.45, 7) is 6.63. The summed E-state index contributed by atoms with van der Waals surface area (Å²) < 4.78 is 0. The van der Waals surface area contributed by atoms with Gasteiger partial charge in [-0.2, -0.15) is 0 Å². The Morgan fingerprint density at radius 1 is 1.53 bits per heavy atom. The van der Waals surface area contributed by atoms with Crippen molar-refractivity contribution in [3.05, 3.63) is 17.2 Å². The molecule has 15 heavy (non-hydrogen) atoms. The smallest absolute Gasteiger partial charge is 0.123 e. The van der Waals surface area contributed by atoms with Gasteiger partial charge in [-0.05, 0) is 25.2 Å². The van der Waals surface area contributed by atoms with Crippen LogP contribution in [0, 0.1) is 5.92 Å². The van der Waals surface area contributed by atoms with Gasteiger partial charge in [0.2, 0.25) is 0 Å². The van der Waals surface area contributed by atoms with Crippen LogP contribution in [0.3, 0.4) is 0 Å². The first-order valence-electron chi connectivity index (χ1n) is 5.92. The van der Waals surface area contributed by atoms with E-state index in [0.29, 0.717) is 11.8 Å². The van der Waals surface area contributed by atoms with E-state index in [-0.39, 0.29) is 6.04 Å². The van der Waals surface area contributed by atoms with Crippen LogP contribution in [0.15, 0.2) is 0 Å². The normalized spacial score (nSPS) is 22.1. The fraction of sp³-hybridized carbons (Fsp3) is 0.750. The monoisotopic (exact) mass is 207 g/mol. The number of nitrogens with zero attached hydrogens (tertiary/aromatic N) is 1. The first-order chi connectivity index (χ1) is 7.08. The molecule has 1 aliphatic carbocycles. The molecule has 0 aliphatic heterocycles. The van der Waals surface area contributed by atoms with Crippen LogP contribution < -0.4 is 5.73 Å². The molecule has 0 amide bonds. The zero-order valence-electron chi connectivity index (χ0n) is 9.88. The average molecular weight is 207 g/mol. The molecule has 1 aromatic rings. The van der Waals surface area contributed by atoms with Crippen LogP contribution in [-0.4, -0.2) is 9.97 Å². The minimum Gasteiger partial charge on any atom is -0.344 e. The lowest BCUT2D eigenvalue weighted by Crippen LogP contribution is -2.14.